The van der Waals surface area contributed by atoms with Crippen LogP contribution in [0, 0.1) is 24.6 Å². The highest BCUT2D eigenvalue weighted by Crippen LogP contribution is 2.47. The van der Waals surface area contributed by atoms with Gasteiger partial charge in [0, 0.05) is 29.5 Å². The van der Waals surface area contributed by atoms with Crippen LogP contribution in [0.25, 0.3) is 0 Å². The van der Waals surface area contributed by atoms with Gasteiger partial charge in [-0.15, -0.1) is 5.10 Å². The van der Waals surface area contributed by atoms with Crippen LogP contribution < -0.4 is 11.1 Å². The Hall–Kier alpha value is -2.04. The minimum absolute atomic E-state index is 0.0898. The first-order valence-electron chi connectivity index (χ1n) is 8.87. The lowest BCUT2D eigenvalue weighted by Gasteiger charge is -2.47. The molecule has 0 bridgehead atoms. The van der Waals surface area contributed by atoms with Gasteiger partial charge in [0.05, 0.1) is 12.3 Å². The third kappa shape index (κ3) is 3.29. The van der Waals surface area contributed by atoms with E-state index in [0.717, 1.165) is 17.3 Å². The van der Waals surface area contributed by atoms with Gasteiger partial charge < -0.3 is 15.8 Å². The minimum Gasteiger partial charge on any atom is -0.379 e. The highest BCUT2D eigenvalue weighted by Gasteiger charge is 2.50. The number of anilines is 1. The number of nitrogens with zero attached hydrogens (tertiary/aromatic N) is 3. The van der Waals surface area contributed by atoms with Gasteiger partial charge in [0.15, 0.2) is 5.17 Å². The summed E-state index contributed by atoms with van der Waals surface area (Å²) in [5.41, 5.74) is 6.55. The van der Waals surface area contributed by atoms with Crippen molar-refractivity contribution < 1.29 is 13.9 Å². The number of benzene rings is 1. The molecule has 3 heterocycles. The summed E-state index contributed by atoms with van der Waals surface area (Å²) < 4.78 is 24.5. The van der Waals surface area contributed by atoms with Gasteiger partial charge >= 0.3 is 0 Å². The summed E-state index contributed by atoms with van der Waals surface area (Å²) in [7, 11) is 0. The quantitative estimate of drug-likeness (QED) is 0.790. The number of amidine groups is 1. The highest BCUT2D eigenvalue weighted by atomic mass is 32.2. The first kappa shape index (κ1) is 19.3. The predicted molar refractivity (Wildman–Crippen MR) is 108 cm³/mol. The van der Waals surface area contributed by atoms with Gasteiger partial charge in [0.2, 0.25) is 0 Å². The zero-order valence-corrected chi connectivity index (χ0v) is 17.1. The molecule has 0 radical (unpaired) electrons. The zero-order chi connectivity index (χ0) is 19.9. The van der Waals surface area contributed by atoms with Crippen molar-refractivity contribution in [2.24, 2.45) is 22.6 Å². The van der Waals surface area contributed by atoms with E-state index in [1.54, 1.807) is 13.0 Å². The predicted octanol–water partition coefficient (Wildman–Crippen LogP) is 2.78. The number of halogens is 1. The number of hydrogen-bond acceptors (Lipinski definition) is 8. The highest BCUT2D eigenvalue weighted by molar-refractivity contribution is 8.13. The maximum atomic E-state index is 14.9. The molecule has 10 heteroatoms. The second-order valence-corrected chi connectivity index (χ2v) is 8.91. The maximum Gasteiger partial charge on any atom is 0.269 e. The molecule has 2 aromatic rings. The molecule has 3 atom stereocenters. The molecule has 0 saturated carbocycles. The number of nitrogens with one attached hydrogen (secondary N) is 1. The SMILES string of the molecule is Cc1nnsc1C(=O)Nc1ccc(F)c(C23COCC(C)C2CSC(N)=N3)c1. The fraction of sp³-hybridized carbons (Fsp3) is 0.444. The van der Waals surface area contributed by atoms with Crippen LogP contribution in [0.4, 0.5) is 10.1 Å². The van der Waals surface area contributed by atoms with Crippen molar-refractivity contribution in [3.8, 4) is 0 Å². The number of aliphatic imine (C=N–C) groups is 1. The number of rotatable bonds is 3. The first-order valence-corrected chi connectivity index (χ1v) is 10.6. The number of nitrogens with two attached hydrogens (primary N) is 1. The van der Waals surface area contributed by atoms with Gasteiger partial charge in [-0.25, -0.2) is 9.38 Å². The van der Waals surface area contributed by atoms with Gasteiger partial charge in [0.25, 0.3) is 5.91 Å². The molecule has 1 aromatic carbocycles. The van der Waals surface area contributed by atoms with Crippen LogP contribution in [0.3, 0.4) is 0 Å². The summed E-state index contributed by atoms with van der Waals surface area (Å²) in [5, 5.41) is 7.08. The Morgan fingerprint density at radius 1 is 1.46 bits per heavy atom. The molecule has 2 aliphatic heterocycles. The molecule has 4 rings (SSSR count). The van der Waals surface area contributed by atoms with E-state index in [2.05, 4.69) is 26.8 Å². The molecule has 2 aliphatic rings. The van der Waals surface area contributed by atoms with Crippen LogP contribution in [0.5, 0.6) is 0 Å². The first-order chi connectivity index (χ1) is 13.4. The number of fused-ring (bicyclic) bond motifs is 1. The smallest absolute Gasteiger partial charge is 0.269 e. The number of amides is 1. The molecule has 1 saturated heterocycles. The Bertz CT molecular complexity index is 950. The number of hydrogen-bond donors (Lipinski definition) is 2. The molecule has 1 fully saturated rings. The van der Waals surface area contributed by atoms with Crippen molar-refractivity contribution in [3.05, 3.63) is 40.2 Å². The monoisotopic (exact) mass is 421 g/mol. The molecule has 0 spiro atoms. The van der Waals surface area contributed by atoms with Gasteiger partial charge in [-0.1, -0.05) is 23.2 Å². The summed E-state index contributed by atoms with van der Waals surface area (Å²) in [6, 6.07) is 4.52. The average Bonchev–Trinajstić information content (AvgIpc) is 3.09. The Kier molecular flexibility index (Phi) is 5.11. The van der Waals surface area contributed by atoms with E-state index in [1.807, 2.05) is 0 Å². The molecule has 148 valence electrons. The van der Waals surface area contributed by atoms with Crippen LogP contribution in [-0.2, 0) is 10.3 Å². The standard InChI is InChI=1S/C18H20FN5O2S2/c1-9-6-26-8-18(13(9)7-27-17(20)22-18)12-5-11(3-4-14(12)19)21-16(25)15-10(2)23-24-28-15/h3-5,9,13H,6-8H2,1-2H3,(H2,20,22)(H,21,25). The summed E-state index contributed by atoms with van der Waals surface area (Å²) in [5.74, 6) is 0.338. The van der Waals surface area contributed by atoms with Crippen molar-refractivity contribution in [1.29, 1.82) is 0 Å². The van der Waals surface area contributed by atoms with E-state index in [9.17, 15) is 9.18 Å². The Morgan fingerprint density at radius 2 is 2.29 bits per heavy atom. The Balaban J connectivity index is 1.73. The maximum absolute atomic E-state index is 14.9. The van der Waals surface area contributed by atoms with Crippen molar-refractivity contribution in [1.82, 2.24) is 9.59 Å². The molecule has 1 aromatic heterocycles. The number of aryl methyl sites for hydroxylation is 1. The summed E-state index contributed by atoms with van der Waals surface area (Å²) >= 11 is 2.51. The van der Waals surface area contributed by atoms with Gasteiger partial charge in [-0.2, -0.15) is 0 Å². The van der Waals surface area contributed by atoms with E-state index in [0.29, 0.717) is 33.6 Å². The van der Waals surface area contributed by atoms with Crippen LogP contribution in [0.1, 0.15) is 27.9 Å². The van der Waals surface area contributed by atoms with Crippen molar-refractivity contribution >= 4 is 40.1 Å². The van der Waals surface area contributed by atoms with Crippen LogP contribution >= 0.6 is 23.3 Å². The summed E-state index contributed by atoms with van der Waals surface area (Å²) in [6.07, 6.45) is 0. The van der Waals surface area contributed by atoms with Gasteiger partial charge in [-0.3, -0.25) is 4.79 Å². The molecular formula is C18H20FN5O2S2. The largest absolute Gasteiger partial charge is 0.379 e. The molecule has 3 N–H and O–H groups in total. The number of ether oxygens (including phenoxy) is 1. The molecule has 1 amide bonds. The van der Waals surface area contributed by atoms with Crippen LogP contribution in [0.2, 0.25) is 0 Å². The second-order valence-electron chi connectivity index (χ2n) is 7.12. The van der Waals surface area contributed by atoms with Crippen molar-refractivity contribution in [2.75, 3.05) is 24.3 Å². The molecule has 0 aliphatic carbocycles. The normalized spacial score (nSPS) is 27.0. The van der Waals surface area contributed by atoms with Crippen LogP contribution in [0.15, 0.2) is 23.2 Å². The number of thioether (sulfide) groups is 1. The fourth-order valence-electron chi connectivity index (χ4n) is 3.82. The van der Waals surface area contributed by atoms with E-state index in [4.69, 9.17) is 10.5 Å². The average molecular weight is 422 g/mol. The molecule has 7 nitrogen and oxygen atoms in total. The fourth-order valence-corrected chi connectivity index (χ4v) is 5.55. The van der Waals surface area contributed by atoms with Gasteiger partial charge in [0.1, 0.15) is 16.2 Å². The van der Waals surface area contributed by atoms with Crippen LogP contribution in [-0.4, -0.2) is 39.6 Å². The molecular weight excluding hydrogens is 401 g/mol. The second kappa shape index (κ2) is 7.41. The summed E-state index contributed by atoms with van der Waals surface area (Å²) in [4.78, 5) is 17.6. The lowest BCUT2D eigenvalue weighted by atomic mass is 9.72. The molecule has 3 unspecified atom stereocenters. The Labute approximate surface area is 170 Å². The lowest BCUT2D eigenvalue weighted by Crippen LogP contribution is -2.51. The molecule has 28 heavy (non-hydrogen) atoms. The third-order valence-corrected chi connectivity index (χ3v) is 7.01. The van der Waals surface area contributed by atoms with Crippen molar-refractivity contribution in [3.63, 3.8) is 0 Å². The van der Waals surface area contributed by atoms with Crippen molar-refractivity contribution in [2.45, 2.75) is 19.4 Å². The van der Waals surface area contributed by atoms with E-state index >= 15 is 0 Å². The number of aromatic nitrogens is 2. The van der Waals surface area contributed by atoms with E-state index < -0.39 is 5.54 Å². The van der Waals surface area contributed by atoms with E-state index in [-0.39, 0.29) is 30.2 Å². The van der Waals surface area contributed by atoms with E-state index in [1.165, 1.54) is 23.9 Å². The lowest BCUT2D eigenvalue weighted by molar-refractivity contribution is -0.0339. The number of carbonyl (C=O) groups is 1. The Morgan fingerprint density at radius 3 is 3.04 bits per heavy atom. The zero-order valence-electron chi connectivity index (χ0n) is 15.4. The minimum atomic E-state index is -0.889. The topological polar surface area (TPSA) is 102 Å². The third-order valence-electron chi connectivity index (χ3n) is 5.27. The summed E-state index contributed by atoms with van der Waals surface area (Å²) in [6.45, 7) is 4.67. The number of carbonyl (C=O) groups excluding carboxylic acids is 1. The van der Waals surface area contributed by atoms with Gasteiger partial charge in [-0.05, 0) is 42.6 Å².